The second kappa shape index (κ2) is 10.6. The van der Waals surface area contributed by atoms with Crippen LogP contribution in [-0.4, -0.2) is 48.7 Å². The second-order valence-electron chi connectivity index (χ2n) is 8.95. The molecule has 0 spiro atoms. The normalized spacial score (nSPS) is 18.8. The van der Waals surface area contributed by atoms with E-state index in [1.807, 2.05) is 6.92 Å². The molecule has 0 aromatic heterocycles. The van der Waals surface area contributed by atoms with Crippen molar-refractivity contribution in [3.63, 3.8) is 0 Å². The lowest BCUT2D eigenvalue weighted by molar-refractivity contribution is 0.0186. The van der Waals surface area contributed by atoms with Crippen molar-refractivity contribution in [3.05, 3.63) is 65.2 Å². The maximum Gasteiger partial charge on any atom is 0.410 e. The van der Waals surface area contributed by atoms with Gasteiger partial charge in [-0.15, -0.1) is 0 Å². The van der Waals surface area contributed by atoms with Gasteiger partial charge in [-0.3, -0.25) is 4.55 Å². The van der Waals surface area contributed by atoms with E-state index in [1.54, 1.807) is 37.8 Å². The number of hydrogen-bond donors (Lipinski definition) is 2. The Kier molecular flexibility index (Phi) is 8.56. The van der Waals surface area contributed by atoms with Crippen LogP contribution in [0, 0.1) is 18.6 Å². The zero-order chi connectivity index (χ0) is 25.0. The largest absolute Gasteiger partial charge is 0.444 e. The molecule has 2 atom stereocenters. The van der Waals surface area contributed by atoms with E-state index < -0.39 is 33.4 Å². The van der Waals surface area contributed by atoms with Gasteiger partial charge >= 0.3 is 6.09 Å². The fourth-order valence-corrected chi connectivity index (χ4v) is 3.75. The van der Waals surface area contributed by atoms with Gasteiger partial charge in [0.2, 0.25) is 0 Å². The van der Waals surface area contributed by atoms with E-state index in [0.717, 1.165) is 17.7 Å². The number of amides is 1. The van der Waals surface area contributed by atoms with E-state index >= 15 is 0 Å². The number of nitrogens with zero attached hydrogens (tertiary/aromatic N) is 1. The lowest BCUT2D eigenvalue weighted by atomic mass is 9.86. The highest BCUT2D eigenvalue weighted by molar-refractivity contribution is 7.85. The minimum absolute atomic E-state index is 0.0666. The third kappa shape index (κ3) is 8.06. The molecule has 0 bridgehead atoms. The first-order valence-corrected chi connectivity index (χ1v) is 11.8. The molecule has 1 fully saturated rings. The van der Waals surface area contributed by atoms with Crippen LogP contribution in [0.1, 0.15) is 44.2 Å². The van der Waals surface area contributed by atoms with Gasteiger partial charge in [-0.2, -0.15) is 8.42 Å². The van der Waals surface area contributed by atoms with Crippen molar-refractivity contribution in [2.24, 2.45) is 5.73 Å². The molecule has 0 saturated carbocycles. The first-order chi connectivity index (χ1) is 15.2. The summed E-state index contributed by atoms with van der Waals surface area (Å²) in [6, 6.07) is 9.54. The molecule has 2 aromatic rings. The first kappa shape index (κ1) is 26.7. The van der Waals surface area contributed by atoms with Crippen LogP contribution in [0.15, 0.2) is 47.4 Å². The third-order valence-corrected chi connectivity index (χ3v) is 5.88. The Morgan fingerprint density at radius 2 is 1.73 bits per heavy atom. The average Bonchev–Trinajstić information content (AvgIpc) is 2.69. The molecule has 2 aromatic carbocycles. The number of hydrogen-bond acceptors (Lipinski definition) is 5. The number of carbonyl (C=O) groups is 1. The number of benzene rings is 2. The van der Waals surface area contributed by atoms with Crippen molar-refractivity contribution in [1.29, 1.82) is 0 Å². The first-order valence-electron chi connectivity index (χ1n) is 10.4. The highest BCUT2D eigenvalue weighted by atomic mass is 32.2. The van der Waals surface area contributed by atoms with Crippen LogP contribution >= 0.6 is 0 Å². The van der Waals surface area contributed by atoms with Crippen LogP contribution in [0.4, 0.5) is 13.6 Å². The Morgan fingerprint density at radius 1 is 1.12 bits per heavy atom. The molecule has 1 aliphatic heterocycles. The number of rotatable bonds is 2. The quantitative estimate of drug-likeness (QED) is 0.617. The summed E-state index contributed by atoms with van der Waals surface area (Å²) in [5.74, 6) is -2.03. The summed E-state index contributed by atoms with van der Waals surface area (Å²) in [6.07, 6.45) is 0.176. The lowest BCUT2D eigenvalue weighted by Gasteiger charge is -2.37. The molecule has 3 N–H and O–H groups in total. The Morgan fingerprint density at radius 3 is 2.24 bits per heavy atom. The van der Waals surface area contributed by atoms with E-state index in [-0.39, 0.29) is 16.9 Å². The van der Waals surface area contributed by atoms with Gasteiger partial charge in [-0.25, -0.2) is 13.6 Å². The fourth-order valence-electron chi connectivity index (χ4n) is 3.27. The van der Waals surface area contributed by atoms with Gasteiger partial charge in [-0.05, 0) is 63.9 Å². The van der Waals surface area contributed by atoms with Crippen molar-refractivity contribution < 1.29 is 31.3 Å². The smallest absolute Gasteiger partial charge is 0.410 e. The molecule has 3 rings (SSSR count). The van der Waals surface area contributed by atoms with Crippen molar-refractivity contribution >= 4 is 16.2 Å². The summed E-state index contributed by atoms with van der Waals surface area (Å²) in [4.78, 5) is 13.7. The van der Waals surface area contributed by atoms with Crippen LogP contribution in [0.2, 0.25) is 0 Å². The Balaban J connectivity index is 0.000000294. The molecule has 0 aliphatic carbocycles. The Labute approximate surface area is 193 Å². The van der Waals surface area contributed by atoms with Gasteiger partial charge in [-0.1, -0.05) is 23.8 Å². The van der Waals surface area contributed by atoms with Crippen molar-refractivity contribution in [1.82, 2.24) is 4.90 Å². The van der Waals surface area contributed by atoms with Gasteiger partial charge in [0.1, 0.15) is 5.60 Å². The van der Waals surface area contributed by atoms with Gasteiger partial charge in [0.15, 0.2) is 11.6 Å². The van der Waals surface area contributed by atoms with E-state index in [4.69, 9.17) is 15.0 Å². The zero-order valence-electron chi connectivity index (χ0n) is 19.1. The highest BCUT2D eigenvalue weighted by Gasteiger charge is 2.33. The maximum atomic E-state index is 13.4. The van der Waals surface area contributed by atoms with Gasteiger partial charge < -0.3 is 15.4 Å². The van der Waals surface area contributed by atoms with Crippen LogP contribution in [0.25, 0.3) is 0 Å². The number of piperidine rings is 1. The molecule has 1 aliphatic rings. The topological polar surface area (TPSA) is 110 Å². The van der Waals surface area contributed by atoms with Crippen LogP contribution in [-0.2, 0) is 14.9 Å². The van der Waals surface area contributed by atoms with Crippen molar-refractivity contribution in [2.45, 2.75) is 56.6 Å². The number of nitrogens with two attached hydrogens (primary N) is 1. The Bertz CT molecular complexity index is 1070. The molecular formula is C23H30F2N2O5S. The summed E-state index contributed by atoms with van der Waals surface area (Å²) < 4.78 is 61.4. The number of aryl methyl sites for hydroxylation is 1. The summed E-state index contributed by atoms with van der Waals surface area (Å²) in [6.45, 7) is 8.07. The molecule has 33 heavy (non-hydrogen) atoms. The third-order valence-electron chi connectivity index (χ3n) is 5.01. The average molecular weight is 485 g/mol. The minimum atomic E-state index is -4.02. The van der Waals surface area contributed by atoms with Gasteiger partial charge in [0.25, 0.3) is 10.1 Å². The highest BCUT2D eigenvalue weighted by Crippen LogP contribution is 2.28. The zero-order valence-corrected chi connectivity index (χ0v) is 19.9. The summed E-state index contributed by atoms with van der Waals surface area (Å²) in [5, 5.41) is 0. The number of likely N-dealkylation sites (tertiary alicyclic amines) is 1. The number of carbonyl (C=O) groups excluding carboxylic acids is 1. The van der Waals surface area contributed by atoms with E-state index in [0.29, 0.717) is 25.1 Å². The second-order valence-corrected chi connectivity index (χ2v) is 10.4. The van der Waals surface area contributed by atoms with Crippen molar-refractivity contribution in [3.8, 4) is 0 Å². The minimum Gasteiger partial charge on any atom is -0.444 e. The molecule has 7 nitrogen and oxygen atoms in total. The van der Waals surface area contributed by atoms with E-state index in [9.17, 15) is 22.0 Å². The Hall–Kier alpha value is -2.56. The van der Waals surface area contributed by atoms with Crippen LogP contribution in [0.5, 0.6) is 0 Å². The molecule has 10 heteroatoms. The fraction of sp³-hybridized carbons (Fsp3) is 0.435. The molecule has 1 saturated heterocycles. The van der Waals surface area contributed by atoms with Gasteiger partial charge in [0.05, 0.1) is 4.90 Å². The molecule has 1 amide bonds. The van der Waals surface area contributed by atoms with Crippen LogP contribution < -0.4 is 5.73 Å². The molecule has 182 valence electrons. The SMILES string of the molecule is CC(C)(C)OC(=O)N1CC[C@@H](N)[C@H](c2ccc(F)c(F)c2)C1.Cc1ccc(S(=O)(=O)O)cc1. The van der Waals surface area contributed by atoms with Crippen molar-refractivity contribution in [2.75, 3.05) is 13.1 Å². The monoisotopic (exact) mass is 484 g/mol. The van der Waals surface area contributed by atoms with E-state index in [1.165, 1.54) is 18.2 Å². The molecular weight excluding hydrogens is 454 g/mol. The molecule has 0 radical (unpaired) electrons. The summed E-state index contributed by atoms with van der Waals surface area (Å²) >= 11 is 0. The number of halogens is 2. The maximum absolute atomic E-state index is 13.4. The summed E-state index contributed by atoms with van der Waals surface area (Å²) in [7, 11) is -4.02. The van der Waals surface area contributed by atoms with E-state index in [2.05, 4.69) is 0 Å². The summed E-state index contributed by atoms with van der Waals surface area (Å²) in [5.41, 5.74) is 7.07. The molecule has 1 heterocycles. The van der Waals surface area contributed by atoms with Gasteiger partial charge in [0, 0.05) is 25.0 Å². The predicted octanol–water partition coefficient (Wildman–Crippen LogP) is 4.26. The number of ether oxygens (including phenoxy) is 1. The lowest BCUT2D eigenvalue weighted by Crippen LogP contribution is -2.49. The van der Waals surface area contributed by atoms with Crippen LogP contribution in [0.3, 0.4) is 0 Å². The molecule has 0 unspecified atom stereocenters. The standard InChI is InChI=1S/C16H22F2N2O2.C7H8O3S/c1-16(2,3)22-15(21)20-7-6-14(19)11(9-20)10-4-5-12(17)13(18)8-10;1-6-2-4-7(5-3-6)11(8,9)10/h4-5,8,11,14H,6-7,9,19H2,1-3H3;2-5H,1H3,(H,8,9,10)/t11-,14+;/m0./s1. The predicted molar refractivity (Wildman–Crippen MR) is 120 cm³/mol.